The largest absolute Gasteiger partial charge is 0.508 e. The average Bonchev–Trinajstić information content (AvgIpc) is 2.75. The molecule has 1 atom stereocenters. The van der Waals surface area contributed by atoms with E-state index in [9.17, 15) is 5.11 Å². The van der Waals surface area contributed by atoms with Crippen molar-refractivity contribution >= 4 is 0 Å². The number of hydrogen-bond donors (Lipinski definition) is 1. The van der Waals surface area contributed by atoms with Gasteiger partial charge in [-0.3, -0.25) is 4.90 Å². The Bertz CT molecular complexity index is 411. The molecule has 1 aromatic rings. The van der Waals surface area contributed by atoms with Crippen LogP contribution in [0.1, 0.15) is 23.6 Å². The van der Waals surface area contributed by atoms with Crippen LogP contribution in [0.2, 0.25) is 0 Å². The molecule has 1 saturated heterocycles. The quantitative estimate of drug-likeness (QED) is 0.797. The second-order valence-corrected chi connectivity index (χ2v) is 5.24. The molecule has 1 aliphatic carbocycles. The fourth-order valence-corrected chi connectivity index (χ4v) is 3.14. The first-order valence-electron chi connectivity index (χ1n) is 6.49. The predicted octanol–water partition coefficient (Wildman–Crippen LogP) is 1.63. The van der Waals surface area contributed by atoms with Gasteiger partial charge in [0.1, 0.15) is 5.75 Å². The first-order valence-corrected chi connectivity index (χ1v) is 6.49. The monoisotopic (exact) mass is 232 g/mol. The van der Waals surface area contributed by atoms with Crippen molar-refractivity contribution in [3.63, 3.8) is 0 Å². The molecule has 0 aromatic heterocycles. The lowest BCUT2D eigenvalue weighted by Crippen LogP contribution is -2.45. The van der Waals surface area contributed by atoms with Gasteiger partial charge in [0.25, 0.3) is 0 Å². The SMILES string of the molecule is CN1CCN(C2CCc3cccc(O)c32)CC1. The summed E-state index contributed by atoms with van der Waals surface area (Å²) in [5.41, 5.74) is 2.53. The first-order chi connectivity index (χ1) is 8.25. The van der Waals surface area contributed by atoms with Crippen LogP contribution in [-0.4, -0.2) is 48.1 Å². The zero-order valence-electron chi connectivity index (χ0n) is 10.4. The molecule has 92 valence electrons. The third-order valence-corrected chi connectivity index (χ3v) is 4.17. The predicted molar refractivity (Wildman–Crippen MR) is 68.2 cm³/mol. The summed E-state index contributed by atoms with van der Waals surface area (Å²) in [6.07, 6.45) is 2.28. The van der Waals surface area contributed by atoms with Gasteiger partial charge < -0.3 is 10.0 Å². The average molecular weight is 232 g/mol. The van der Waals surface area contributed by atoms with E-state index in [2.05, 4.69) is 22.9 Å². The van der Waals surface area contributed by atoms with Crippen LogP contribution >= 0.6 is 0 Å². The van der Waals surface area contributed by atoms with Gasteiger partial charge in [-0.2, -0.15) is 0 Å². The molecule has 0 spiro atoms. The van der Waals surface area contributed by atoms with Crippen LogP contribution in [0.5, 0.6) is 5.75 Å². The molecule has 3 heteroatoms. The van der Waals surface area contributed by atoms with Crippen molar-refractivity contribution in [3.05, 3.63) is 29.3 Å². The number of nitrogens with zero attached hydrogens (tertiary/aromatic N) is 2. The van der Waals surface area contributed by atoms with Crippen LogP contribution in [0.4, 0.5) is 0 Å². The molecule has 1 fully saturated rings. The molecule has 0 saturated carbocycles. The van der Waals surface area contributed by atoms with Crippen molar-refractivity contribution in [1.29, 1.82) is 0 Å². The van der Waals surface area contributed by atoms with Crippen LogP contribution in [0, 0.1) is 0 Å². The summed E-state index contributed by atoms with van der Waals surface area (Å²) < 4.78 is 0. The maximum Gasteiger partial charge on any atom is 0.120 e. The molecule has 0 bridgehead atoms. The van der Waals surface area contributed by atoms with Crippen LogP contribution in [-0.2, 0) is 6.42 Å². The van der Waals surface area contributed by atoms with Crippen molar-refractivity contribution in [1.82, 2.24) is 9.80 Å². The highest BCUT2D eigenvalue weighted by Gasteiger charge is 2.31. The molecule has 3 rings (SSSR count). The maximum atomic E-state index is 10.0. The Labute approximate surface area is 103 Å². The fraction of sp³-hybridized carbons (Fsp3) is 0.571. The number of phenolic OH excluding ortho intramolecular Hbond substituents is 1. The number of fused-ring (bicyclic) bond motifs is 1. The Balaban J connectivity index is 1.83. The lowest BCUT2D eigenvalue weighted by Gasteiger charge is -2.36. The molecule has 17 heavy (non-hydrogen) atoms. The van der Waals surface area contributed by atoms with E-state index in [4.69, 9.17) is 0 Å². The Morgan fingerprint density at radius 2 is 1.94 bits per heavy atom. The van der Waals surface area contributed by atoms with Crippen molar-refractivity contribution in [2.75, 3.05) is 33.2 Å². The van der Waals surface area contributed by atoms with Crippen molar-refractivity contribution < 1.29 is 5.11 Å². The van der Waals surface area contributed by atoms with E-state index < -0.39 is 0 Å². The first kappa shape index (κ1) is 11.1. The molecule has 2 aliphatic rings. The maximum absolute atomic E-state index is 10.0. The highest BCUT2D eigenvalue weighted by molar-refractivity contribution is 5.44. The summed E-state index contributed by atoms with van der Waals surface area (Å²) in [6.45, 7) is 4.52. The number of aryl methyl sites for hydroxylation is 1. The Morgan fingerprint density at radius 3 is 2.71 bits per heavy atom. The van der Waals surface area contributed by atoms with Gasteiger partial charge in [-0.15, -0.1) is 0 Å². The topological polar surface area (TPSA) is 26.7 Å². The minimum atomic E-state index is 0.444. The van der Waals surface area contributed by atoms with Gasteiger partial charge in [0.15, 0.2) is 0 Å². The van der Waals surface area contributed by atoms with E-state index in [0.717, 1.165) is 39.0 Å². The second kappa shape index (κ2) is 4.31. The molecule has 1 unspecified atom stereocenters. The highest BCUT2D eigenvalue weighted by Crippen LogP contribution is 2.41. The smallest absolute Gasteiger partial charge is 0.120 e. The molecular formula is C14H20N2O. The van der Waals surface area contributed by atoms with Crippen LogP contribution in [0.25, 0.3) is 0 Å². The number of likely N-dealkylation sites (N-methyl/N-ethyl adjacent to an activating group) is 1. The Morgan fingerprint density at radius 1 is 1.18 bits per heavy atom. The summed E-state index contributed by atoms with van der Waals surface area (Å²) in [5, 5.41) is 10.0. The van der Waals surface area contributed by atoms with Gasteiger partial charge in [0, 0.05) is 37.8 Å². The molecule has 0 amide bonds. The normalized spacial score (nSPS) is 26.1. The van der Waals surface area contributed by atoms with Gasteiger partial charge in [0.05, 0.1) is 0 Å². The summed E-state index contributed by atoms with van der Waals surface area (Å²) in [4.78, 5) is 4.91. The lowest BCUT2D eigenvalue weighted by atomic mass is 10.0. The molecular weight excluding hydrogens is 212 g/mol. The van der Waals surface area contributed by atoms with E-state index in [1.165, 1.54) is 11.1 Å². The number of benzene rings is 1. The number of rotatable bonds is 1. The number of aromatic hydroxyl groups is 1. The zero-order chi connectivity index (χ0) is 11.8. The lowest BCUT2D eigenvalue weighted by molar-refractivity contribution is 0.110. The van der Waals surface area contributed by atoms with Crippen molar-refractivity contribution in [2.45, 2.75) is 18.9 Å². The van der Waals surface area contributed by atoms with E-state index in [1.54, 1.807) is 0 Å². The standard InChI is InChI=1S/C14H20N2O/c1-15-7-9-16(10-8-15)12-6-5-11-3-2-4-13(17)14(11)12/h2-4,12,17H,5-10H2,1H3. The van der Waals surface area contributed by atoms with Crippen LogP contribution in [0.15, 0.2) is 18.2 Å². The Kier molecular flexibility index (Phi) is 2.81. The molecule has 3 nitrogen and oxygen atoms in total. The summed E-state index contributed by atoms with van der Waals surface area (Å²) in [5.74, 6) is 0.490. The van der Waals surface area contributed by atoms with Gasteiger partial charge in [-0.1, -0.05) is 12.1 Å². The minimum absolute atomic E-state index is 0.444. The second-order valence-electron chi connectivity index (χ2n) is 5.24. The van der Waals surface area contributed by atoms with Crippen LogP contribution in [0.3, 0.4) is 0 Å². The number of piperazine rings is 1. The molecule has 1 aromatic carbocycles. The van der Waals surface area contributed by atoms with E-state index >= 15 is 0 Å². The summed E-state index contributed by atoms with van der Waals surface area (Å²) in [6, 6.07) is 6.39. The molecule has 0 radical (unpaired) electrons. The van der Waals surface area contributed by atoms with Crippen molar-refractivity contribution in [3.8, 4) is 5.75 Å². The van der Waals surface area contributed by atoms with E-state index in [-0.39, 0.29) is 0 Å². The van der Waals surface area contributed by atoms with Gasteiger partial charge >= 0.3 is 0 Å². The third kappa shape index (κ3) is 1.94. The minimum Gasteiger partial charge on any atom is -0.508 e. The third-order valence-electron chi connectivity index (χ3n) is 4.17. The summed E-state index contributed by atoms with van der Waals surface area (Å²) >= 11 is 0. The van der Waals surface area contributed by atoms with Gasteiger partial charge in [0.2, 0.25) is 0 Å². The fourth-order valence-electron chi connectivity index (χ4n) is 3.14. The Hall–Kier alpha value is -1.06. The molecule has 1 aliphatic heterocycles. The van der Waals surface area contributed by atoms with Crippen molar-refractivity contribution in [2.24, 2.45) is 0 Å². The number of hydrogen-bond acceptors (Lipinski definition) is 3. The van der Waals surface area contributed by atoms with Gasteiger partial charge in [-0.25, -0.2) is 0 Å². The summed E-state index contributed by atoms with van der Waals surface area (Å²) in [7, 11) is 2.18. The molecule has 1 heterocycles. The van der Waals surface area contributed by atoms with E-state index in [0.29, 0.717) is 11.8 Å². The van der Waals surface area contributed by atoms with E-state index in [1.807, 2.05) is 12.1 Å². The molecule has 1 N–H and O–H groups in total. The zero-order valence-corrected chi connectivity index (χ0v) is 10.4. The number of phenols is 1. The van der Waals surface area contributed by atoms with Crippen LogP contribution < -0.4 is 0 Å². The highest BCUT2D eigenvalue weighted by atomic mass is 16.3. The van der Waals surface area contributed by atoms with Gasteiger partial charge in [-0.05, 0) is 31.5 Å².